The summed E-state index contributed by atoms with van der Waals surface area (Å²) in [6.07, 6.45) is 4.98. The summed E-state index contributed by atoms with van der Waals surface area (Å²) < 4.78 is 5.85. The lowest BCUT2D eigenvalue weighted by Gasteiger charge is -2.45. The molecule has 34 heavy (non-hydrogen) atoms. The highest BCUT2D eigenvalue weighted by atomic mass is 32.1. The zero-order valence-corrected chi connectivity index (χ0v) is 22.2. The van der Waals surface area contributed by atoms with Crippen molar-refractivity contribution in [1.82, 2.24) is 4.98 Å². The van der Waals surface area contributed by atoms with E-state index in [1.807, 2.05) is 24.5 Å². The quantitative estimate of drug-likeness (QED) is 0.568. The summed E-state index contributed by atoms with van der Waals surface area (Å²) in [6, 6.07) is 0. The van der Waals surface area contributed by atoms with E-state index in [0.717, 1.165) is 30.0 Å². The Balaban J connectivity index is 1.87. The molecular weight excluding hydrogens is 450 g/mol. The molecule has 1 aromatic rings. The zero-order valence-electron chi connectivity index (χ0n) is 21.4. The van der Waals surface area contributed by atoms with Gasteiger partial charge in [0.25, 0.3) is 0 Å². The highest BCUT2D eigenvalue weighted by molar-refractivity contribution is 7.09. The molecule has 6 nitrogen and oxygen atoms in total. The summed E-state index contributed by atoms with van der Waals surface area (Å²) in [5.74, 6) is -1.04. The molecule has 1 saturated heterocycles. The standard InChI is InChI=1S/C27H41NO5S/c1-16-12-21(10-9-20-15-34-18(3)28-20)33-23(30)13-22(29)27(6)14-19(8-7-11-26(16,4)5)24(31)17(2)25(27)32/h9-10,15-17,19,21-22,24,29,31H,7-8,11-14H2,1-6H3/b10-9+/t16-,17+,19+,21+,22-,24?,27?/m0/s1. The number of cyclic esters (lactones) is 1. The normalized spacial score (nSPS) is 37.9. The number of carbonyl (C=O) groups excluding carboxylic acids is 2. The lowest BCUT2D eigenvalue weighted by Crippen LogP contribution is -2.54. The average Bonchev–Trinajstić information content (AvgIpc) is 3.18. The van der Waals surface area contributed by atoms with Crippen molar-refractivity contribution in [1.29, 1.82) is 0 Å². The van der Waals surface area contributed by atoms with E-state index in [9.17, 15) is 19.8 Å². The summed E-state index contributed by atoms with van der Waals surface area (Å²) in [5.41, 5.74) is -0.216. The van der Waals surface area contributed by atoms with Crippen LogP contribution in [0.3, 0.4) is 0 Å². The highest BCUT2D eigenvalue weighted by Gasteiger charge is 2.52. The van der Waals surface area contributed by atoms with Gasteiger partial charge in [0, 0.05) is 11.3 Å². The minimum absolute atomic E-state index is 0.0176. The number of thiazole rings is 1. The molecule has 190 valence electrons. The molecule has 1 aliphatic heterocycles. The Morgan fingerprint density at radius 2 is 1.91 bits per heavy atom. The van der Waals surface area contributed by atoms with Gasteiger partial charge in [-0.1, -0.05) is 41.0 Å². The van der Waals surface area contributed by atoms with E-state index < -0.39 is 35.6 Å². The molecule has 1 aliphatic carbocycles. The van der Waals surface area contributed by atoms with Crippen molar-refractivity contribution in [2.75, 3.05) is 0 Å². The van der Waals surface area contributed by atoms with Gasteiger partial charge in [0.05, 0.1) is 34.7 Å². The molecule has 2 N–H and O–H groups in total. The summed E-state index contributed by atoms with van der Waals surface area (Å²) >= 11 is 1.57. The van der Waals surface area contributed by atoms with Gasteiger partial charge in [0.2, 0.25) is 0 Å². The third kappa shape index (κ3) is 5.97. The number of Topliss-reactive ketones (excluding diaryl/α,β-unsaturated/α-hetero) is 1. The van der Waals surface area contributed by atoms with E-state index in [0.29, 0.717) is 12.8 Å². The topological polar surface area (TPSA) is 96.7 Å². The Hall–Kier alpha value is -1.57. The van der Waals surface area contributed by atoms with E-state index in [1.54, 1.807) is 25.2 Å². The number of esters is 1. The first kappa shape index (κ1) is 27.0. The summed E-state index contributed by atoms with van der Waals surface area (Å²) in [6.45, 7) is 12.1. The van der Waals surface area contributed by atoms with Crippen molar-refractivity contribution in [3.8, 4) is 0 Å². The minimum Gasteiger partial charge on any atom is -0.458 e. The second-order valence-corrected chi connectivity index (χ2v) is 12.5. The van der Waals surface area contributed by atoms with Gasteiger partial charge in [0.15, 0.2) is 0 Å². The van der Waals surface area contributed by atoms with Crippen LogP contribution in [0, 0.1) is 35.5 Å². The molecule has 2 aliphatic rings. The second kappa shape index (κ2) is 10.6. The fourth-order valence-electron chi connectivity index (χ4n) is 5.58. The Bertz CT molecular complexity index is 909. The lowest BCUT2D eigenvalue weighted by molar-refractivity contribution is -0.162. The van der Waals surface area contributed by atoms with E-state index in [2.05, 4.69) is 25.8 Å². The molecule has 0 radical (unpaired) electrons. The fraction of sp³-hybridized carbons (Fsp3) is 0.741. The number of carbonyl (C=O) groups is 2. The SMILES string of the molecule is Cc1nc(/C=C/[C@@H]2C[C@H](C)C(C)(C)CCC[C@@H]3CC(C)(C(=O)[C@H](C)C3O)[C@@H](O)CC(=O)O2)cs1. The van der Waals surface area contributed by atoms with Crippen LogP contribution in [0.2, 0.25) is 0 Å². The van der Waals surface area contributed by atoms with Gasteiger partial charge < -0.3 is 14.9 Å². The van der Waals surface area contributed by atoms with Crippen molar-refractivity contribution in [3.63, 3.8) is 0 Å². The molecule has 0 aromatic carbocycles. The third-order valence-electron chi connectivity index (χ3n) is 8.47. The number of aliphatic hydroxyl groups excluding tert-OH is 2. The maximum absolute atomic E-state index is 13.1. The maximum atomic E-state index is 13.1. The first-order valence-electron chi connectivity index (χ1n) is 12.5. The molecule has 2 fully saturated rings. The molecule has 1 saturated carbocycles. The predicted octanol–water partition coefficient (Wildman–Crippen LogP) is 4.96. The van der Waals surface area contributed by atoms with Crippen LogP contribution in [0.5, 0.6) is 0 Å². The number of ether oxygens (including phenoxy) is 1. The molecule has 2 bridgehead atoms. The highest BCUT2D eigenvalue weighted by Crippen LogP contribution is 2.46. The van der Waals surface area contributed by atoms with E-state index in [1.165, 1.54) is 0 Å². The van der Waals surface area contributed by atoms with Gasteiger partial charge in [-0.3, -0.25) is 9.59 Å². The van der Waals surface area contributed by atoms with Crippen LogP contribution in [0.15, 0.2) is 11.5 Å². The molecule has 3 rings (SSSR count). The number of ketones is 1. The monoisotopic (exact) mass is 491 g/mol. The van der Waals surface area contributed by atoms with Crippen LogP contribution in [0.1, 0.15) is 83.8 Å². The number of hydrogen-bond donors (Lipinski definition) is 2. The van der Waals surface area contributed by atoms with Gasteiger partial charge in [-0.25, -0.2) is 4.98 Å². The first-order chi connectivity index (χ1) is 15.8. The molecule has 7 atom stereocenters. The van der Waals surface area contributed by atoms with Crippen LogP contribution < -0.4 is 0 Å². The van der Waals surface area contributed by atoms with Crippen LogP contribution >= 0.6 is 11.3 Å². The van der Waals surface area contributed by atoms with Crippen molar-refractivity contribution in [2.45, 2.75) is 98.4 Å². The lowest BCUT2D eigenvalue weighted by atomic mass is 9.60. The fourth-order valence-corrected chi connectivity index (χ4v) is 6.17. The number of aliphatic hydroxyl groups is 2. The molecule has 2 heterocycles. The smallest absolute Gasteiger partial charge is 0.309 e. The molecular formula is C27H41NO5S. The van der Waals surface area contributed by atoms with Gasteiger partial charge >= 0.3 is 5.97 Å². The summed E-state index contributed by atoms with van der Waals surface area (Å²) in [5, 5.41) is 24.8. The Kier molecular flexibility index (Phi) is 8.42. The van der Waals surface area contributed by atoms with E-state index in [4.69, 9.17) is 4.74 Å². The van der Waals surface area contributed by atoms with Gasteiger partial charge in [-0.2, -0.15) is 0 Å². The molecule has 0 amide bonds. The van der Waals surface area contributed by atoms with Crippen molar-refractivity contribution in [2.24, 2.45) is 28.6 Å². The number of aryl methyl sites for hydroxylation is 1. The van der Waals surface area contributed by atoms with Crippen LogP contribution in [0.4, 0.5) is 0 Å². The molecule has 2 unspecified atom stereocenters. The maximum Gasteiger partial charge on any atom is 0.309 e. The Morgan fingerprint density at radius 1 is 1.21 bits per heavy atom. The number of nitrogens with zero attached hydrogens (tertiary/aromatic N) is 1. The van der Waals surface area contributed by atoms with Crippen molar-refractivity contribution < 1.29 is 24.5 Å². The largest absolute Gasteiger partial charge is 0.458 e. The van der Waals surface area contributed by atoms with E-state index in [-0.39, 0.29) is 29.5 Å². The summed E-state index contributed by atoms with van der Waals surface area (Å²) in [4.78, 5) is 30.5. The van der Waals surface area contributed by atoms with Crippen LogP contribution in [-0.2, 0) is 14.3 Å². The average molecular weight is 492 g/mol. The van der Waals surface area contributed by atoms with Gasteiger partial charge in [-0.05, 0) is 62.0 Å². The van der Waals surface area contributed by atoms with Crippen LogP contribution in [0.25, 0.3) is 6.08 Å². The van der Waals surface area contributed by atoms with Gasteiger partial charge in [0.1, 0.15) is 11.9 Å². The Labute approximate surface area is 207 Å². The van der Waals surface area contributed by atoms with Gasteiger partial charge in [-0.15, -0.1) is 11.3 Å². The Morgan fingerprint density at radius 3 is 2.56 bits per heavy atom. The second-order valence-electron chi connectivity index (χ2n) is 11.4. The molecule has 7 heteroatoms. The van der Waals surface area contributed by atoms with Crippen molar-refractivity contribution in [3.05, 3.63) is 22.2 Å². The predicted molar refractivity (Wildman–Crippen MR) is 134 cm³/mol. The number of fused-ring (bicyclic) bond motifs is 2. The summed E-state index contributed by atoms with van der Waals surface area (Å²) in [7, 11) is 0. The molecule has 1 aromatic heterocycles. The zero-order chi connectivity index (χ0) is 25.3. The number of hydrogen-bond acceptors (Lipinski definition) is 7. The third-order valence-corrected chi connectivity index (χ3v) is 9.26. The van der Waals surface area contributed by atoms with Crippen LogP contribution in [-0.4, -0.2) is 45.3 Å². The number of aromatic nitrogens is 1. The minimum atomic E-state index is -1.15. The van der Waals surface area contributed by atoms with Crippen molar-refractivity contribution >= 4 is 29.2 Å². The number of rotatable bonds is 2. The van der Waals surface area contributed by atoms with E-state index >= 15 is 0 Å². The first-order valence-corrected chi connectivity index (χ1v) is 13.4. The molecule has 0 spiro atoms.